The molecule has 0 spiro atoms. The first-order valence-electron chi connectivity index (χ1n) is 14.8. The minimum absolute atomic E-state index is 0.189. The summed E-state index contributed by atoms with van der Waals surface area (Å²) in [5.74, 6) is 0. The Kier molecular flexibility index (Phi) is 7.49. The van der Waals surface area contributed by atoms with E-state index in [2.05, 4.69) is 146 Å². The van der Waals surface area contributed by atoms with Gasteiger partial charge in [0.15, 0.2) is 0 Å². The van der Waals surface area contributed by atoms with Gasteiger partial charge in [-0.15, -0.1) is 0 Å². The summed E-state index contributed by atoms with van der Waals surface area (Å²) in [7, 11) is 0. The van der Waals surface area contributed by atoms with Crippen LogP contribution >= 0.6 is 0 Å². The molecule has 0 saturated carbocycles. The van der Waals surface area contributed by atoms with E-state index in [4.69, 9.17) is 5.73 Å². The summed E-state index contributed by atoms with van der Waals surface area (Å²) in [5, 5.41) is 5.97. The largest absolute Gasteiger partial charge is 0.401 e. The zero-order chi connectivity index (χ0) is 29.3. The number of hydrogen-bond acceptors (Lipinski definition) is 4. The molecule has 1 aliphatic carbocycles. The highest BCUT2D eigenvalue weighted by Gasteiger charge is 2.40. The Hall–Kier alpha value is -4.54. The molecule has 4 N–H and O–H groups in total. The molecule has 0 radical (unpaired) electrons. The highest BCUT2D eigenvalue weighted by Crippen LogP contribution is 2.46. The van der Waals surface area contributed by atoms with Gasteiger partial charge in [0.25, 0.3) is 0 Å². The molecule has 0 saturated heterocycles. The van der Waals surface area contributed by atoms with Crippen LogP contribution in [0.4, 0.5) is 17.1 Å². The number of nitrogens with one attached hydrogen (secondary N) is 2. The maximum absolute atomic E-state index is 6.83. The number of aryl methyl sites for hydroxylation is 1. The first-order chi connectivity index (χ1) is 20.4. The van der Waals surface area contributed by atoms with Gasteiger partial charge in [-0.05, 0) is 70.5 Å². The maximum atomic E-state index is 6.83. The molecule has 42 heavy (non-hydrogen) atoms. The molecule has 0 amide bonds. The van der Waals surface area contributed by atoms with Crippen LogP contribution in [0.25, 0.3) is 0 Å². The second-order valence-electron chi connectivity index (χ2n) is 11.9. The van der Waals surface area contributed by atoms with Gasteiger partial charge >= 0.3 is 0 Å². The number of para-hydroxylation sites is 3. The van der Waals surface area contributed by atoms with E-state index in [-0.39, 0.29) is 11.5 Å². The van der Waals surface area contributed by atoms with Crippen LogP contribution in [0.5, 0.6) is 0 Å². The smallest absolute Gasteiger partial charge is 0.0671 e. The molecule has 4 aromatic carbocycles. The van der Waals surface area contributed by atoms with Crippen LogP contribution in [0.2, 0.25) is 0 Å². The van der Waals surface area contributed by atoms with Crippen molar-refractivity contribution in [2.75, 3.05) is 16.9 Å². The highest BCUT2D eigenvalue weighted by atomic mass is 15.5. The molecular weight excluding hydrogens is 512 g/mol. The third kappa shape index (κ3) is 5.38. The Morgan fingerprint density at radius 1 is 0.881 bits per heavy atom. The first kappa shape index (κ1) is 27.6. The molecule has 4 aromatic rings. The summed E-state index contributed by atoms with van der Waals surface area (Å²) in [6.45, 7) is 11.4. The number of fused-ring (bicyclic) bond motifs is 2. The second-order valence-corrected chi connectivity index (χ2v) is 11.9. The standard InChI is InChI=1S/C38H40N4/c1-5-31(33(39)25-40-42-36-20-12-9-17-29(36)23-30-18-10-13-21-37(30)42)38(3,4)32-24-35(32)41-34-19-11-8-16-28(34)22-27-15-7-6-14-26(27)2/h5-21,24,35,40-41H,1,22-23,25,39H2,2-4H3/b33-31-. The Labute approximate surface area is 250 Å². The van der Waals surface area contributed by atoms with Crippen molar-refractivity contribution in [3.8, 4) is 0 Å². The van der Waals surface area contributed by atoms with Crippen molar-refractivity contribution in [3.05, 3.63) is 160 Å². The number of hydrazine groups is 1. The Morgan fingerprint density at radius 3 is 2.14 bits per heavy atom. The molecule has 6 rings (SSSR count). The van der Waals surface area contributed by atoms with E-state index in [0.717, 1.165) is 24.1 Å². The van der Waals surface area contributed by atoms with Crippen molar-refractivity contribution >= 4 is 17.1 Å². The molecule has 1 aliphatic heterocycles. The number of nitrogens with two attached hydrogens (primary N) is 1. The molecule has 0 bridgehead atoms. The van der Waals surface area contributed by atoms with E-state index < -0.39 is 0 Å². The Bertz CT molecular complexity index is 1650. The summed E-state index contributed by atoms with van der Waals surface area (Å²) in [4.78, 5) is 0. The number of anilines is 3. The number of allylic oxidation sites excluding steroid dienone is 2. The number of rotatable bonds is 10. The topological polar surface area (TPSA) is 53.3 Å². The van der Waals surface area contributed by atoms with Crippen LogP contribution in [-0.2, 0) is 12.8 Å². The van der Waals surface area contributed by atoms with Crippen LogP contribution in [0, 0.1) is 12.3 Å². The lowest BCUT2D eigenvalue weighted by molar-refractivity contribution is 0.551. The zero-order valence-corrected chi connectivity index (χ0v) is 24.8. The highest BCUT2D eigenvalue weighted by molar-refractivity contribution is 5.73. The molecule has 1 heterocycles. The lowest BCUT2D eigenvalue weighted by Gasteiger charge is -2.34. The van der Waals surface area contributed by atoms with Gasteiger partial charge in [0.1, 0.15) is 0 Å². The molecule has 0 fully saturated rings. The predicted molar refractivity (Wildman–Crippen MR) is 177 cm³/mol. The number of nitrogens with zero attached hydrogens (tertiary/aromatic N) is 1. The average Bonchev–Trinajstić information content (AvgIpc) is 3.78. The molecule has 4 heteroatoms. The van der Waals surface area contributed by atoms with Gasteiger partial charge in [-0.3, -0.25) is 5.01 Å². The fourth-order valence-electron chi connectivity index (χ4n) is 6.31. The lowest BCUT2D eigenvalue weighted by atomic mass is 9.79. The summed E-state index contributed by atoms with van der Waals surface area (Å²) >= 11 is 0. The van der Waals surface area contributed by atoms with Crippen molar-refractivity contribution in [3.63, 3.8) is 0 Å². The molecule has 1 unspecified atom stereocenters. The minimum atomic E-state index is -0.256. The van der Waals surface area contributed by atoms with Gasteiger partial charge in [-0.25, -0.2) is 5.43 Å². The van der Waals surface area contributed by atoms with E-state index >= 15 is 0 Å². The number of benzene rings is 4. The van der Waals surface area contributed by atoms with Gasteiger partial charge in [0, 0.05) is 23.2 Å². The lowest BCUT2D eigenvalue weighted by Crippen LogP contribution is -2.40. The van der Waals surface area contributed by atoms with Gasteiger partial charge < -0.3 is 11.1 Å². The fourth-order valence-corrected chi connectivity index (χ4v) is 6.31. The zero-order valence-electron chi connectivity index (χ0n) is 24.8. The average molecular weight is 553 g/mol. The normalized spacial score (nSPS) is 16.1. The van der Waals surface area contributed by atoms with Crippen molar-refractivity contribution < 1.29 is 0 Å². The van der Waals surface area contributed by atoms with E-state index in [9.17, 15) is 0 Å². The quantitative estimate of drug-likeness (QED) is 0.138. The summed E-state index contributed by atoms with van der Waals surface area (Å²) < 4.78 is 0. The number of hydrogen-bond donors (Lipinski definition) is 3. The second kappa shape index (κ2) is 11.4. The van der Waals surface area contributed by atoms with Gasteiger partial charge in [-0.1, -0.05) is 111 Å². The minimum Gasteiger partial charge on any atom is -0.401 e. The summed E-state index contributed by atoms with van der Waals surface area (Å²) in [5.41, 5.74) is 23.5. The van der Waals surface area contributed by atoms with Crippen LogP contribution in [0.3, 0.4) is 0 Å². The van der Waals surface area contributed by atoms with Crippen LogP contribution in [0.1, 0.15) is 41.7 Å². The maximum Gasteiger partial charge on any atom is 0.0671 e. The SMILES string of the molecule is C=C/C(=C(/N)CNN1c2ccccc2Cc2ccccc21)C(C)(C)C1=CC1Nc1ccccc1Cc1ccccc1C. The van der Waals surface area contributed by atoms with Crippen molar-refractivity contribution in [1.29, 1.82) is 0 Å². The third-order valence-electron chi connectivity index (χ3n) is 8.76. The van der Waals surface area contributed by atoms with Gasteiger partial charge in [0.2, 0.25) is 0 Å². The van der Waals surface area contributed by atoms with E-state index in [0.29, 0.717) is 6.54 Å². The van der Waals surface area contributed by atoms with Gasteiger partial charge in [-0.2, -0.15) is 0 Å². The molecule has 212 valence electrons. The first-order valence-corrected chi connectivity index (χ1v) is 14.8. The van der Waals surface area contributed by atoms with E-state index in [1.807, 2.05) is 6.08 Å². The predicted octanol–water partition coefficient (Wildman–Crippen LogP) is 7.98. The van der Waals surface area contributed by atoms with Crippen molar-refractivity contribution in [2.24, 2.45) is 11.1 Å². The van der Waals surface area contributed by atoms with Crippen LogP contribution in [0.15, 0.2) is 133 Å². The Morgan fingerprint density at radius 2 is 1.48 bits per heavy atom. The molecule has 0 aromatic heterocycles. The van der Waals surface area contributed by atoms with E-state index in [1.165, 1.54) is 50.5 Å². The van der Waals surface area contributed by atoms with Crippen molar-refractivity contribution in [2.45, 2.75) is 39.7 Å². The van der Waals surface area contributed by atoms with Crippen LogP contribution in [-0.4, -0.2) is 12.6 Å². The summed E-state index contributed by atoms with van der Waals surface area (Å²) in [6, 6.07) is 34.5. The van der Waals surface area contributed by atoms with Gasteiger partial charge in [0.05, 0.1) is 24.0 Å². The van der Waals surface area contributed by atoms with E-state index in [1.54, 1.807) is 0 Å². The molecule has 4 nitrogen and oxygen atoms in total. The Balaban J connectivity index is 1.17. The molecular formula is C38H40N4. The third-order valence-corrected chi connectivity index (χ3v) is 8.76. The van der Waals surface area contributed by atoms with Crippen molar-refractivity contribution in [1.82, 2.24) is 5.43 Å². The van der Waals surface area contributed by atoms with Crippen LogP contribution < -0.4 is 21.5 Å². The molecule has 2 aliphatic rings. The monoisotopic (exact) mass is 552 g/mol. The fraction of sp³-hybridized carbons (Fsp3) is 0.211. The summed E-state index contributed by atoms with van der Waals surface area (Å²) in [6.07, 6.45) is 6.07. The molecule has 1 atom stereocenters.